The van der Waals surface area contributed by atoms with Crippen LogP contribution < -0.4 is 0 Å². The maximum atomic E-state index is 14.7. The number of benzene rings is 1. The number of carboxylic acid groups (broad SMARTS) is 1. The van der Waals surface area contributed by atoms with Gasteiger partial charge in [-0.1, -0.05) is 50.2 Å². The topological polar surface area (TPSA) is 58.9 Å². The molecule has 0 bridgehead atoms. The minimum absolute atomic E-state index is 0.00844. The second-order valence-corrected chi connectivity index (χ2v) is 6.73. The van der Waals surface area contributed by atoms with Gasteiger partial charge < -0.3 is 9.94 Å². The molecule has 1 N–H and O–H groups in total. The molecule has 0 spiro atoms. The fourth-order valence-corrected chi connectivity index (χ4v) is 3.60. The summed E-state index contributed by atoms with van der Waals surface area (Å²) in [7, 11) is 0. The third-order valence-electron chi connectivity index (χ3n) is 5.36. The van der Waals surface area contributed by atoms with Crippen LogP contribution in [0.3, 0.4) is 0 Å². The van der Waals surface area contributed by atoms with Gasteiger partial charge in [0, 0.05) is 17.9 Å². The first kappa shape index (κ1) is 19.1. The second kappa shape index (κ2) is 7.51. The maximum absolute atomic E-state index is 14.7. The number of hydrogen-bond acceptors (Lipinski definition) is 3. The average molecular weight is 369 g/mol. The van der Waals surface area contributed by atoms with Crippen molar-refractivity contribution in [2.45, 2.75) is 40.0 Å². The van der Waals surface area contributed by atoms with Gasteiger partial charge in [0.25, 0.3) is 0 Å². The van der Waals surface area contributed by atoms with Crippen LogP contribution in [0.5, 0.6) is 0 Å². The molecule has 0 aromatic heterocycles. The van der Waals surface area contributed by atoms with E-state index in [9.17, 15) is 9.18 Å². The van der Waals surface area contributed by atoms with Gasteiger partial charge >= 0.3 is 5.97 Å². The monoisotopic (exact) mass is 369 g/mol. The first-order valence-electron chi connectivity index (χ1n) is 9.41. The third-order valence-corrected chi connectivity index (χ3v) is 5.36. The number of carbonyl (C=O) groups is 1. The molecule has 1 heterocycles. The van der Waals surface area contributed by atoms with Crippen LogP contribution in [0.4, 0.5) is 4.39 Å². The third kappa shape index (κ3) is 3.46. The number of fused-ring (bicyclic) bond motifs is 1. The van der Waals surface area contributed by atoms with E-state index in [-0.39, 0.29) is 22.7 Å². The van der Waals surface area contributed by atoms with Crippen molar-refractivity contribution in [3.8, 4) is 0 Å². The Bertz CT molecular complexity index is 881. The lowest BCUT2D eigenvalue weighted by Gasteiger charge is -2.19. The highest BCUT2D eigenvalue weighted by Crippen LogP contribution is 2.63. The summed E-state index contributed by atoms with van der Waals surface area (Å²) in [6.45, 7) is 6.08. The molecule has 3 aliphatic rings. The molecule has 1 aromatic carbocycles. The van der Waals surface area contributed by atoms with Crippen LogP contribution in [0, 0.1) is 11.3 Å². The Morgan fingerprint density at radius 3 is 2.81 bits per heavy atom. The zero-order valence-electron chi connectivity index (χ0n) is 15.8. The molecule has 4 nitrogen and oxygen atoms in total. The van der Waals surface area contributed by atoms with Crippen LogP contribution in [-0.2, 0) is 4.84 Å². The van der Waals surface area contributed by atoms with Gasteiger partial charge in [-0.2, -0.15) is 0 Å². The molecule has 27 heavy (non-hydrogen) atoms. The van der Waals surface area contributed by atoms with Crippen molar-refractivity contribution < 1.29 is 19.1 Å². The Morgan fingerprint density at radius 2 is 2.19 bits per heavy atom. The molecule has 1 aromatic rings. The molecule has 2 unspecified atom stereocenters. The van der Waals surface area contributed by atoms with Crippen LogP contribution in [0.2, 0.25) is 0 Å². The number of rotatable bonds is 4. The lowest BCUT2D eigenvalue weighted by molar-refractivity contribution is 0.0697. The summed E-state index contributed by atoms with van der Waals surface area (Å²) in [5, 5.41) is 13.2. The minimum atomic E-state index is -0.987. The summed E-state index contributed by atoms with van der Waals surface area (Å²) >= 11 is 0. The summed E-state index contributed by atoms with van der Waals surface area (Å²) in [6.07, 6.45) is 7.97. The number of nitrogens with zero attached hydrogens (tertiary/aromatic N) is 1. The standard InChI is InChI=1S/C20H18FNO3.C2H6/c1-2-20-9-8-14(18(21)15(20)11-20)17-7-6-16(22-25-17)12-4-3-5-13(10-12)19(23)24;1-2/h3-5,7-10,15H,2,6,11H2,1H3,(H,23,24);1-2H3. The second-order valence-electron chi connectivity index (χ2n) is 6.73. The van der Waals surface area contributed by atoms with E-state index >= 15 is 0 Å². The van der Waals surface area contributed by atoms with E-state index in [1.165, 1.54) is 6.07 Å². The van der Waals surface area contributed by atoms with Gasteiger partial charge in [-0.25, -0.2) is 9.18 Å². The predicted molar refractivity (Wildman–Crippen MR) is 103 cm³/mol. The Labute approximate surface area is 158 Å². The molecule has 2 aliphatic carbocycles. The van der Waals surface area contributed by atoms with Crippen molar-refractivity contribution in [2.24, 2.45) is 16.5 Å². The van der Waals surface area contributed by atoms with Gasteiger partial charge in [-0.05, 0) is 36.5 Å². The molecule has 2 atom stereocenters. The Kier molecular flexibility index (Phi) is 5.31. The summed E-state index contributed by atoms with van der Waals surface area (Å²) in [5.74, 6) is -0.691. The molecule has 1 aliphatic heterocycles. The SMILES string of the molecule is CC.CCC12C=CC(C3=CCC(c4cccc(C(=O)O)c4)=NO3)=C(F)C1C2. The first-order chi connectivity index (χ1) is 13.0. The maximum Gasteiger partial charge on any atom is 0.335 e. The summed E-state index contributed by atoms with van der Waals surface area (Å²) < 4.78 is 14.7. The Morgan fingerprint density at radius 1 is 1.41 bits per heavy atom. The summed E-state index contributed by atoms with van der Waals surface area (Å²) in [6, 6.07) is 6.54. The first-order valence-corrected chi connectivity index (χ1v) is 9.41. The fraction of sp³-hybridized carbons (Fsp3) is 0.364. The molecular weight excluding hydrogens is 345 g/mol. The lowest BCUT2D eigenvalue weighted by Crippen LogP contribution is -2.11. The highest BCUT2D eigenvalue weighted by atomic mass is 19.1. The lowest BCUT2D eigenvalue weighted by atomic mass is 9.91. The number of aromatic carboxylic acids is 1. The van der Waals surface area contributed by atoms with Gasteiger partial charge in [-0.15, -0.1) is 0 Å². The van der Waals surface area contributed by atoms with Crippen molar-refractivity contribution in [2.75, 3.05) is 0 Å². The van der Waals surface area contributed by atoms with Gasteiger partial charge in [0.05, 0.1) is 16.8 Å². The van der Waals surface area contributed by atoms with Crippen molar-refractivity contribution >= 4 is 11.7 Å². The zero-order valence-corrected chi connectivity index (χ0v) is 15.8. The quantitative estimate of drug-likeness (QED) is 0.748. The van der Waals surface area contributed by atoms with Gasteiger partial charge in [-0.3, -0.25) is 0 Å². The fourth-order valence-electron chi connectivity index (χ4n) is 3.60. The van der Waals surface area contributed by atoms with Crippen LogP contribution in [0.25, 0.3) is 0 Å². The van der Waals surface area contributed by atoms with E-state index < -0.39 is 5.97 Å². The van der Waals surface area contributed by atoms with E-state index in [4.69, 9.17) is 9.94 Å². The summed E-state index contributed by atoms with van der Waals surface area (Å²) in [4.78, 5) is 16.5. The zero-order chi connectivity index (χ0) is 19.6. The molecule has 1 saturated carbocycles. The van der Waals surface area contributed by atoms with Crippen molar-refractivity contribution in [3.63, 3.8) is 0 Å². The van der Waals surface area contributed by atoms with Crippen LogP contribution in [0.1, 0.15) is 56.0 Å². The average Bonchev–Trinajstić information content (AvgIpc) is 3.47. The molecule has 1 fully saturated rings. The van der Waals surface area contributed by atoms with Gasteiger partial charge in [0.15, 0.2) is 5.76 Å². The normalized spacial score (nSPS) is 25.4. The molecule has 0 saturated heterocycles. The highest BCUT2D eigenvalue weighted by molar-refractivity contribution is 6.03. The van der Waals surface area contributed by atoms with Crippen molar-refractivity contribution in [1.82, 2.24) is 0 Å². The highest BCUT2D eigenvalue weighted by Gasteiger charge is 2.55. The Hall–Kier alpha value is -2.69. The minimum Gasteiger partial charge on any atom is -0.478 e. The smallest absolute Gasteiger partial charge is 0.335 e. The van der Waals surface area contributed by atoms with Crippen LogP contribution in [-0.4, -0.2) is 16.8 Å². The van der Waals surface area contributed by atoms with E-state index in [1.807, 2.05) is 13.8 Å². The molecule has 4 rings (SSSR count). The Balaban J connectivity index is 0.00000102. The number of allylic oxidation sites excluding steroid dienone is 4. The summed E-state index contributed by atoms with van der Waals surface area (Å²) in [5.41, 5.74) is 2.00. The van der Waals surface area contributed by atoms with E-state index in [0.29, 0.717) is 29.0 Å². The van der Waals surface area contributed by atoms with E-state index in [2.05, 4.69) is 18.2 Å². The van der Waals surface area contributed by atoms with E-state index in [0.717, 1.165) is 12.8 Å². The van der Waals surface area contributed by atoms with Crippen molar-refractivity contribution in [3.05, 3.63) is 70.8 Å². The number of oxime groups is 1. The molecule has 5 heteroatoms. The van der Waals surface area contributed by atoms with E-state index in [1.54, 1.807) is 30.4 Å². The molecular formula is C22H24FNO3. The predicted octanol–water partition coefficient (Wildman–Crippen LogP) is 5.63. The van der Waals surface area contributed by atoms with Crippen molar-refractivity contribution in [1.29, 1.82) is 0 Å². The largest absolute Gasteiger partial charge is 0.478 e. The molecule has 142 valence electrons. The van der Waals surface area contributed by atoms with Gasteiger partial charge in [0.2, 0.25) is 0 Å². The van der Waals surface area contributed by atoms with Crippen LogP contribution >= 0.6 is 0 Å². The molecule has 0 amide bonds. The van der Waals surface area contributed by atoms with Gasteiger partial charge in [0.1, 0.15) is 5.83 Å². The number of halogens is 1. The molecule has 0 radical (unpaired) electrons. The number of hydrogen-bond donors (Lipinski definition) is 1. The number of carboxylic acids is 1. The van der Waals surface area contributed by atoms with Crippen LogP contribution in [0.15, 0.2) is 64.8 Å².